The molecule has 6 heteroatoms. The zero-order valence-electron chi connectivity index (χ0n) is 7.19. The zero-order chi connectivity index (χ0) is 10.1. The summed E-state index contributed by atoms with van der Waals surface area (Å²) < 4.78 is 0.457. The van der Waals surface area contributed by atoms with Crippen LogP contribution < -0.4 is 0 Å². The van der Waals surface area contributed by atoms with Crippen molar-refractivity contribution in [3.63, 3.8) is 0 Å². The smallest absolute Gasteiger partial charge is 0.316 e. The Hall–Kier alpha value is -0.880. The van der Waals surface area contributed by atoms with E-state index in [0.29, 0.717) is 16.9 Å². The lowest BCUT2D eigenvalue weighted by Gasteiger charge is -2.19. The van der Waals surface area contributed by atoms with Gasteiger partial charge in [-0.2, -0.15) is 0 Å². The van der Waals surface area contributed by atoms with Crippen LogP contribution in [-0.4, -0.2) is 26.3 Å². The molecule has 1 aliphatic rings. The van der Waals surface area contributed by atoms with Crippen LogP contribution in [0.4, 0.5) is 0 Å². The maximum Gasteiger partial charge on any atom is 0.316 e. The number of carbonyl (C=O) groups is 1. The molecule has 0 radical (unpaired) electrons. The monoisotopic (exact) mass is 228 g/mol. The van der Waals surface area contributed by atoms with Crippen molar-refractivity contribution in [2.75, 3.05) is 0 Å². The minimum absolute atomic E-state index is 0.353. The Kier molecular flexibility index (Phi) is 2.56. The summed E-state index contributed by atoms with van der Waals surface area (Å²) in [6, 6.07) is 0. The average molecular weight is 228 g/mol. The van der Waals surface area contributed by atoms with E-state index in [1.165, 1.54) is 11.8 Å². The molecule has 74 valence electrons. The molecule has 1 aromatic heterocycles. The summed E-state index contributed by atoms with van der Waals surface area (Å²) in [6.45, 7) is 0. The lowest BCUT2D eigenvalue weighted by Crippen LogP contribution is -2.24. The third-order valence-electron chi connectivity index (χ3n) is 2.09. The molecule has 2 heterocycles. The van der Waals surface area contributed by atoms with Gasteiger partial charge in [0.1, 0.15) is 5.25 Å². The third-order valence-corrected chi connectivity index (χ3v) is 3.53. The van der Waals surface area contributed by atoms with Crippen molar-refractivity contribution in [2.24, 2.45) is 0 Å². The molecule has 0 unspecified atom stereocenters. The Bertz CT molecular complexity index is 430. The van der Waals surface area contributed by atoms with Gasteiger partial charge in [-0.25, -0.2) is 4.98 Å². The molecule has 0 saturated heterocycles. The molecule has 1 aliphatic heterocycles. The van der Waals surface area contributed by atoms with E-state index >= 15 is 0 Å². The van der Waals surface area contributed by atoms with Gasteiger partial charge in [-0.3, -0.25) is 4.79 Å². The molecule has 2 N–H and O–H groups in total. The number of aliphatic carboxylic acids is 1. The highest BCUT2D eigenvalue weighted by Gasteiger charge is 2.25. The number of aromatic nitrogens is 2. The largest absolute Gasteiger partial charge is 0.480 e. The van der Waals surface area contributed by atoms with Crippen LogP contribution in [-0.2, 0) is 17.0 Å². The van der Waals surface area contributed by atoms with Crippen molar-refractivity contribution in [3.8, 4) is 0 Å². The van der Waals surface area contributed by atoms with Gasteiger partial charge in [-0.05, 0) is 24.2 Å². The lowest BCUT2D eigenvalue weighted by atomic mass is 10.1. The van der Waals surface area contributed by atoms with E-state index in [-0.39, 0.29) is 5.25 Å². The fraction of sp³-hybridized carbons (Fsp3) is 0.375. The number of H-pyrrole nitrogens is 1. The topological polar surface area (TPSA) is 66.0 Å². The molecule has 14 heavy (non-hydrogen) atoms. The van der Waals surface area contributed by atoms with Crippen molar-refractivity contribution in [1.29, 1.82) is 0 Å². The van der Waals surface area contributed by atoms with Crippen molar-refractivity contribution in [1.82, 2.24) is 9.97 Å². The van der Waals surface area contributed by atoms with Gasteiger partial charge in [0, 0.05) is 17.6 Å². The van der Waals surface area contributed by atoms with E-state index in [4.69, 9.17) is 17.3 Å². The number of carboxylic acids is 1. The van der Waals surface area contributed by atoms with E-state index in [1.807, 2.05) is 0 Å². The second-order valence-corrected chi connectivity index (χ2v) is 4.61. The first-order chi connectivity index (χ1) is 6.66. The first kappa shape index (κ1) is 9.67. The first-order valence-corrected chi connectivity index (χ1v) is 5.54. The zero-order valence-corrected chi connectivity index (χ0v) is 8.82. The predicted octanol–water partition coefficient (Wildman–Crippen LogP) is 1.38. The molecular weight excluding hydrogens is 220 g/mol. The van der Waals surface area contributed by atoms with Crippen LogP contribution in [0.15, 0.2) is 6.20 Å². The standard InChI is InChI=1S/C8H8N2O2S2/c11-7(12)6-1-4-2-9-8(13)10-5(4)3-14-6/h2,6H,1,3H2,(H,11,12)(H,9,10,13)/t6-/m0/s1. The number of carboxylic acid groups (broad SMARTS) is 1. The highest BCUT2D eigenvalue weighted by atomic mass is 32.2. The third kappa shape index (κ3) is 1.80. The Morgan fingerprint density at radius 1 is 1.79 bits per heavy atom. The van der Waals surface area contributed by atoms with Gasteiger partial charge < -0.3 is 10.1 Å². The van der Waals surface area contributed by atoms with E-state index < -0.39 is 5.97 Å². The maximum atomic E-state index is 10.8. The first-order valence-electron chi connectivity index (χ1n) is 4.08. The van der Waals surface area contributed by atoms with E-state index in [1.54, 1.807) is 6.20 Å². The Labute approximate surface area is 89.8 Å². The van der Waals surface area contributed by atoms with Gasteiger partial charge in [-0.1, -0.05) is 0 Å². The molecule has 0 fully saturated rings. The van der Waals surface area contributed by atoms with Gasteiger partial charge >= 0.3 is 5.97 Å². The van der Waals surface area contributed by atoms with Gasteiger partial charge in [0.15, 0.2) is 4.77 Å². The van der Waals surface area contributed by atoms with E-state index in [9.17, 15) is 4.79 Å². The molecule has 0 saturated carbocycles. The molecule has 1 atom stereocenters. The molecule has 1 aromatic rings. The SMILES string of the molecule is O=C(O)[C@@H]1Cc2cnc(=S)[nH]c2CS1. The summed E-state index contributed by atoms with van der Waals surface area (Å²) in [6.07, 6.45) is 2.19. The Morgan fingerprint density at radius 2 is 2.57 bits per heavy atom. The molecule has 4 nitrogen and oxygen atoms in total. The fourth-order valence-corrected chi connectivity index (χ4v) is 2.60. The number of fused-ring (bicyclic) bond motifs is 1. The summed E-state index contributed by atoms with van der Waals surface area (Å²) in [5.41, 5.74) is 1.97. The van der Waals surface area contributed by atoms with Crippen LogP contribution in [0.3, 0.4) is 0 Å². The minimum Gasteiger partial charge on any atom is -0.480 e. The van der Waals surface area contributed by atoms with Crippen LogP contribution in [0.2, 0.25) is 0 Å². The second kappa shape index (κ2) is 3.70. The summed E-state index contributed by atoms with van der Waals surface area (Å²) in [5.74, 6) is -0.0959. The van der Waals surface area contributed by atoms with Crippen LogP contribution in [0, 0.1) is 4.77 Å². The van der Waals surface area contributed by atoms with Crippen LogP contribution in [0.1, 0.15) is 11.3 Å². The summed E-state index contributed by atoms with van der Waals surface area (Å²) >= 11 is 6.30. The van der Waals surface area contributed by atoms with Crippen molar-refractivity contribution < 1.29 is 9.90 Å². The quantitative estimate of drug-likeness (QED) is 0.711. The fourth-order valence-electron chi connectivity index (χ4n) is 1.36. The predicted molar refractivity (Wildman–Crippen MR) is 55.8 cm³/mol. The highest BCUT2D eigenvalue weighted by Crippen LogP contribution is 2.28. The Balaban J connectivity index is 2.31. The molecular formula is C8H8N2O2S2. The van der Waals surface area contributed by atoms with Crippen molar-refractivity contribution >= 4 is 29.9 Å². The van der Waals surface area contributed by atoms with Crippen LogP contribution in [0.5, 0.6) is 0 Å². The molecule has 0 aromatic carbocycles. The van der Waals surface area contributed by atoms with Crippen LogP contribution in [0.25, 0.3) is 0 Å². The molecule has 2 rings (SSSR count). The van der Waals surface area contributed by atoms with Gasteiger partial charge in [-0.15, -0.1) is 11.8 Å². The van der Waals surface area contributed by atoms with Gasteiger partial charge in [0.2, 0.25) is 0 Å². The maximum absolute atomic E-state index is 10.8. The highest BCUT2D eigenvalue weighted by molar-refractivity contribution is 7.99. The van der Waals surface area contributed by atoms with Crippen molar-refractivity contribution in [2.45, 2.75) is 17.4 Å². The molecule has 0 amide bonds. The summed E-state index contributed by atoms with van der Waals surface area (Å²) in [7, 11) is 0. The Morgan fingerprint density at radius 3 is 3.29 bits per heavy atom. The van der Waals surface area contributed by atoms with E-state index in [0.717, 1.165) is 11.3 Å². The van der Waals surface area contributed by atoms with Crippen molar-refractivity contribution in [3.05, 3.63) is 22.2 Å². The number of hydrogen-bond donors (Lipinski definition) is 2. The molecule has 0 bridgehead atoms. The summed E-state index contributed by atoms with van der Waals surface area (Å²) in [4.78, 5) is 17.7. The van der Waals surface area contributed by atoms with Gasteiger partial charge in [0.05, 0.1) is 0 Å². The lowest BCUT2D eigenvalue weighted by molar-refractivity contribution is -0.136. The number of nitrogens with one attached hydrogen (secondary N) is 1. The molecule has 0 spiro atoms. The number of aromatic amines is 1. The number of nitrogens with zero attached hydrogens (tertiary/aromatic N) is 1. The van der Waals surface area contributed by atoms with E-state index in [2.05, 4.69) is 9.97 Å². The average Bonchev–Trinajstić information content (AvgIpc) is 2.16. The summed E-state index contributed by atoms with van der Waals surface area (Å²) in [5, 5.41) is 8.49. The number of hydrogen-bond acceptors (Lipinski definition) is 4. The minimum atomic E-state index is -0.761. The number of thioether (sulfide) groups is 1. The molecule has 0 aliphatic carbocycles. The number of rotatable bonds is 1. The normalized spacial score (nSPS) is 20.1. The second-order valence-electron chi connectivity index (χ2n) is 3.03. The van der Waals surface area contributed by atoms with Gasteiger partial charge in [0.25, 0.3) is 0 Å². The van der Waals surface area contributed by atoms with Crippen LogP contribution >= 0.6 is 24.0 Å².